The molecule has 17 heavy (non-hydrogen) atoms. The van der Waals surface area contributed by atoms with Gasteiger partial charge in [0.1, 0.15) is 12.4 Å². The number of rotatable bonds is 3. The van der Waals surface area contributed by atoms with Crippen LogP contribution in [-0.4, -0.2) is 52.4 Å². The molecular formula is C9H12N4O4. The van der Waals surface area contributed by atoms with Gasteiger partial charge >= 0.3 is 5.69 Å². The van der Waals surface area contributed by atoms with Crippen molar-refractivity contribution in [3.05, 3.63) is 22.5 Å². The average molecular weight is 240 g/mol. The van der Waals surface area contributed by atoms with Crippen molar-refractivity contribution in [1.82, 2.24) is 9.97 Å². The Kier molecular flexibility index (Phi) is 3.45. The number of aromatic nitrogens is 2. The Morgan fingerprint density at radius 2 is 2.29 bits per heavy atom. The first-order valence-corrected chi connectivity index (χ1v) is 5.14. The topological polar surface area (TPSA) is 102 Å². The maximum Gasteiger partial charge on any atom is 0.305 e. The summed E-state index contributed by atoms with van der Waals surface area (Å²) in [6.07, 6.45) is 2.08. The third-order valence-electron chi connectivity index (χ3n) is 2.46. The van der Waals surface area contributed by atoms with Crippen LogP contribution in [0.1, 0.15) is 0 Å². The molecule has 92 valence electrons. The van der Waals surface area contributed by atoms with Crippen LogP contribution in [0.25, 0.3) is 0 Å². The largest absolute Gasteiger partial charge is 0.394 e. The van der Waals surface area contributed by atoms with Crippen molar-refractivity contribution in [1.29, 1.82) is 0 Å². The molecule has 8 heteroatoms. The molecule has 0 spiro atoms. The minimum Gasteiger partial charge on any atom is -0.394 e. The molecule has 0 amide bonds. The quantitative estimate of drug-likeness (QED) is 0.565. The van der Waals surface area contributed by atoms with E-state index >= 15 is 0 Å². The molecule has 2 heterocycles. The summed E-state index contributed by atoms with van der Waals surface area (Å²) in [5.41, 5.74) is -0.138. The number of aliphatic hydroxyl groups excluding tert-OH is 1. The molecule has 1 unspecified atom stereocenters. The molecule has 1 N–H and O–H groups in total. The van der Waals surface area contributed by atoms with Crippen LogP contribution in [0.2, 0.25) is 0 Å². The highest BCUT2D eigenvalue weighted by atomic mass is 16.6. The Balaban J connectivity index is 2.08. The van der Waals surface area contributed by atoms with E-state index in [1.54, 1.807) is 0 Å². The molecule has 0 saturated carbocycles. The van der Waals surface area contributed by atoms with Gasteiger partial charge in [0.05, 0.1) is 24.2 Å². The summed E-state index contributed by atoms with van der Waals surface area (Å²) >= 11 is 0. The Labute approximate surface area is 97.0 Å². The second kappa shape index (κ2) is 5.02. The number of aliphatic hydroxyl groups is 1. The molecule has 0 aliphatic carbocycles. The first-order chi connectivity index (χ1) is 8.20. The van der Waals surface area contributed by atoms with Crippen LogP contribution in [0.5, 0.6) is 0 Å². The highest BCUT2D eigenvalue weighted by Gasteiger charge is 2.22. The third-order valence-corrected chi connectivity index (χ3v) is 2.46. The number of ether oxygens (including phenoxy) is 1. The normalized spacial score (nSPS) is 20.3. The van der Waals surface area contributed by atoms with Crippen LogP contribution >= 0.6 is 0 Å². The van der Waals surface area contributed by atoms with Gasteiger partial charge in [0, 0.05) is 13.1 Å². The average Bonchev–Trinajstić information content (AvgIpc) is 2.39. The van der Waals surface area contributed by atoms with Gasteiger partial charge in [-0.3, -0.25) is 10.1 Å². The van der Waals surface area contributed by atoms with Crippen molar-refractivity contribution in [3.8, 4) is 0 Å². The van der Waals surface area contributed by atoms with E-state index in [0.717, 1.165) is 0 Å². The van der Waals surface area contributed by atoms with E-state index < -0.39 is 4.92 Å². The highest BCUT2D eigenvalue weighted by molar-refractivity contribution is 5.34. The van der Waals surface area contributed by atoms with Crippen LogP contribution in [0.3, 0.4) is 0 Å². The standard InChI is InChI=1S/C9H12N4O4/c14-6-8-5-12(1-2-17-8)9-10-3-7(4-11-9)13(15)16/h3-4,8,14H,1-2,5-6H2. The van der Waals surface area contributed by atoms with Crippen LogP contribution in [0.15, 0.2) is 12.4 Å². The summed E-state index contributed by atoms with van der Waals surface area (Å²) in [4.78, 5) is 19.6. The highest BCUT2D eigenvalue weighted by Crippen LogP contribution is 2.14. The Bertz CT molecular complexity index is 396. The van der Waals surface area contributed by atoms with Crippen LogP contribution in [0, 0.1) is 10.1 Å². The lowest BCUT2D eigenvalue weighted by Crippen LogP contribution is -2.44. The van der Waals surface area contributed by atoms with E-state index in [0.29, 0.717) is 25.6 Å². The molecule has 8 nitrogen and oxygen atoms in total. The lowest BCUT2D eigenvalue weighted by molar-refractivity contribution is -0.385. The molecule has 0 aromatic carbocycles. The number of hydrogen-bond donors (Lipinski definition) is 1. The SMILES string of the molecule is O=[N+]([O-])c1cnc(N2CCOC(CO)C2)nc1. The minimum absolute atomic E-state index is 0.0660. The van der Waals surface area contributed by atoms with Gasteiger partial charge in [-0.1, -0.05) is 0 Å². The van der Waals surface area contributed by atoms with Gasteiger partial charge in [0.2, 0.25) is 5.95 Å². The molecule has 1 aliphatic rings. The van der Waals surface area contributed by atoms with Crippen molar-refractivity contribution in [2.24, 2.45) is 0 Å². The van der Waals surface area contributed by atoms with E-state index in [2.05, 4.69) is 9.97 Å². The summed E-state index contributed by atoms with van der Waals surface area (Å²) in [5, 5.41) is 19.4. The van der Waals surface area contributed by atoms with Gasteiger partial charge in [-0.05, 0) is 0 Å². The predicted octanol–water partition coefficient (Wildman–Crippen LogP) is -0.418. The number of anilines is 1. The first-order valence-electron chi connectivity index (χ1n) is 5.14. The molecule has 1 atom stereocenters. The summed E-state index contributed by atoms with van der Waals surface area (Å²) in [6, 6.07) is 0. The van der Waals surface area contributed by atoms with Crippen LogP contribution < -0.4 is 4.90 Å². The van der Waals surface area contributed by atoms with Crippen molar-refractivity contribution in [3.63, 3.8) is 0 Å². The third kappa shape index (κ3) is 2.66. The van der Waals surface area contributed by atoms with Crippen LogP contribution in [0.4, 0.5) is 11.6 Å². The van der Waals surface area contributed by atoms with Gasteiger partial charge in [0.15, 0.2) is 0 Å². The van der Waals surface area contributed by atoms with Gasteiger partial charge in [-0.2, -0.15) is 0 Å². The number of morpholine rings is 1. The van der Waals surface area contributed by atoms with Crippen molar-refractivity contribution in [2.45, 2.75) is 6.10 Å². The summed E-state index contributed by atoms with van der Waals surface area (Å²) in [5.74, 6) is 0.414. The smallest absolute Gasteiger partial charge is 0.305 e. The van der Waals surface area contributed by atoms with E-state index in [4.69, 9.17) is 9.84 Å². The lowest BCUT2D eigenvalue weighted by atomic mass is 10.3. The monoisotopic (exact) mass is 240 g/mol. The second-order valence-corrected chi connectivity index (χ2v) is 3.62. The number of hydrogen-bond acceptors (Lipinski definition) is 7. The zero-order valence-corrected chi connectivity index (χ0v) is 9.02. The van der Waals surface area contributed by atoms with E-state index in [9.17, 15) is 10.1 Å². The molecule has 1 aromatic heterocycles. The first kappa shape index (κ1) is 11.7. The number of nitro groups is 1. The fourth-order valence-corrected chi connectivity index (χ4v) is 1.58. The Hall–Kier alpha value is -1.80. The minimum atomic E-state index is -0.542. The van der Waals surface area contributed by atoms with Gasteiger partial charge in [0.25, 0.3) is 0 Å². The van der Waals surface area contributed by atoms with E-state index in [1.807, 2.05) is 4.90 Å². The van der Waals surface area contributed by atoms with Gasteiger partial charge in [-0.25, -0.2) is 9.97 Å². The molecule has 1 aliphatic heterocycles. The fraction of sp³-hybridized carbons (Fsp3) is 0.556. The maximum absolute atomic E-state index is 10.4. The van der Waals surface area contributed by atoms with Gasteiger partial charge < -0.3 is 14.7 Å². The van der Waals surface area contributed by atoms with Crippen LogP contribution in [-0.2, 0) is 4.74 Å². The molecule has 0 radical (unpaired) electrons. The molecule has 2 rings (SSSR count). The van der Waals surface area contributed by atoms with E-state index in [1.165, 1.54) is 12.4 Å². The molecule has 1 fully saturated rings. The number of nitrogens with zero attached hydrogens (tertiary/aromatic N) is 4. The van der Waals surface area contributed by atoms with Crippen molar-refractivity contribution < 1.29 is 14.8 Å². The summed E-state index contributed by atoms with van der Waals surface area (Å²) < 4.78 is 5.29. The molecule has 1 aromatic rings. The molecule has 1 saturated heterocycles. The fourth-order valence-electron chi connectivity index (χ4n) is 1.58. The molecule has 0 bridgehead atoms. The second-order valence-electron chi connectivity index (χ2n) is 3.62. The van der Waals surface area contributed by atoms with Gasteiger partial charge in [-0.15, -0.1) is 0 Å². The predicted molar refractivity (Wildman–Crippen MR) is 57.7 cm³/mol. The Morgan fingerprint density at radius 3 is 2.88 bits per heavy atom. The zero-order chi connectivity index (χ0) is 12.3. The van der Waals surface area contributed by atoms with E-state index in [-0.39, 0.29) is 18.4 Å². The van der Waals surface area contributed by atoms with Crippen molar-refractivity contribution >= 4 is 11.6 Å². The lowest BCUT2D eigenvalue weighted by Gasteiger charge is -2.31. The maximum atomic E-state index is 10.4. The Morgan fingerprint density at radius 1 is 1.59 bits per heavy atom. The van der Waals surface area contributed by atoms with Crippen molar-refractivity contribution in [2.75, 3.05) is 31.2 Å². The summed E-state index contributed by atoms with van der Waals surface area (Å²) in [6.45, 7) is 1.50. The molecular weight excluding hydrogens is 228 g/mol. The zero-order valence-electron chi connectivity index (χ0n) is 9.02. The summed E-state index contributed by atoms with van der Waals surface area (Å²) in [7, 11) is 0.